The van der Waals surface area contributed by atoms with Crippen molar-refractivity contribution in [3.63, 3.8) is 0 Å². The number of hydrogen-bond acceptors (Lipinski definition) is 6. The molecule has 0 saturated heterocycles. The number of aromatic nitrogens is 5. The van der Waals surface area contributed by atoms with E-state index >= 15 is 0 Å². The SMILES string of the molecule is Cc1cnc(CCNc2nnnn2-c2ccccc2)s1. The second kappa shape index (κ2) is 5.79. The molecule has 0 unspecified atom stereocenters. The minimum atomic E-state index is 0.643. The van der Waals surface area contributed by atoms with Crippen LogP contribution in [0.3, 0.4) is 0 Å². The standard InChI is InChI=1S/C13H14N6S/c1-10-9-15-12(20-10)7-8-14-13-16-17-18-19(13)11-5-3-2-4-6-11/h2-6,9H,7-8H2,1H3,(H,14,16,18). The normalized spacial score (nSPS) is 10.7. The maximum absolute atomic E-state index is 4.34. The van der Waals surface area contributed by atoms with Crippen LogP contribution in [0, 0.1) is 6.92 Å². The molecule has 0 atom stereocenters. The summed E-state index contributed by atoms with van der Waals surface area (Å²) in [5, 5.41) is 16.1. The van der Waals surface area contributed by atoms with Crippen LogP contribution in [-0.2, 0) is 6.42 Å². The zero-order valence-electron chi connectivity index (χ0n) is 11.0. The summed E-state index contributed by atoms with van der Waals surface area (Å²) in [4.78, 5) is 5.57. The van der Waals surface area contributed by atoms with Gasteiger partial charge >= 0.3 is 0 Å². The number of anilines is 1. The Morgan fingerprint density at radius 1 is 1.25 bits per heavy atom. The van der Waals surface area contributed by atoms with Crippen LogP contribution in [0.5, 0.6) is 0 Å². The fourth-order valence-corrected chi connectivity index (χ4v) is 2.63. The van der Waals surface area contributed by atoms with E-state index in [0.717, 1.165) is 23.7 Å². The molecule has 0 bridgehead atoms. The molecule has 0 saturated carbocycles. The highest BCUT2D eigenvalue weighted by molar-refractivity contribution is 7.11. The van der Waals surface area contributed by atoms with E-state index in [9.17, 15) is 0 Å². The molecule has 7 heteroatoms. The van der Waals surface area contributed by atoms with Gasteiger partial charge in [-0.3, -0.25) is 0 Å². The topological polar surface area (TPSA) is 68.5 Å². The Labute approximate surface area is 120 Å². The van der Waals surface area contributed by atoms with Crippen LogP contribution >= 0.6 is 11.3 Å². The van der Waals surface area contributed by atoms with Gasteiger partial charge in [-0.2, -0.15) is 4.68 Å². The first kappa shape index (κ1) is 12.7. The van der Waals surface area contributed by atoms with Crippen LogP contribution in [0.4, 0.5) is 5.95 Å². The Bertz CT molecular complexity index is 675. The summed E-state index contributed by atoms with van der Waals surface area (Å²) in [6, 6.07) is 9.81. The molecule has 2 heterocycles. The van der Waals surface area contributed by atoms with Gasteiger partial charge in [0.2, 0.25) is 5.95 Å². The largest absolute Gasteiger partial charge is 0.352 e. The first-order valence-electron chi connectivity index (χ1n) is 6.32. The molecule has 1 aromatic carbocycles. The minimum absolute atomic E-state index is 0.643. The molecule has 0 aliphatic rings. The van der Waals surface area contributed by atoms with Gasteiger partial charge in [0.1, 0.15) is 0 Å². The van der Waals surface area contributed by atoms with Gasteiger partial charge in [-0.1, -0.05) is 23.3 Å². The summed E-state index contributed by atoms with van der Waals surface area (Å²) in [6.07, 6.45) is 2.76. The summed E-state index contributed by atoms with van der Waals surface area (Å²) < 4.78 is 1.69. The molecular weight excluding hydrogens is 272 g/mol. The fraction of sp³-hybridized carbons (Fsp3) is 0.231. The Morgan fingerprint density at radius 3 is 2.85 bits per heavy atom. The number of para-hydroxylation sites is 1. The summed E-state index contributed by atoms with van der Waals surface area (Å²) in [5.74, 6) is 0.643. The van der Waals surface area contributed by atoms with Crippen molar-refractivity contribution in [3.05, 3.63) is 46.4 Å². The van der Waals surface area contributed by atoms with Gasteiger partial charge in [-0.25, -0.2) is 4.98 Å². The van der Waals surface area contributed by atoms with Crippen molar-refractivity contribution in [1.29, 1.82) is 0 Å². The predicted octanol–water partition coefficient (Wildman–Crippen LogP) is 2.08. The number of nitrogens with zero attached hydrogens (tertiary/aromatic N) is 5. The minimum Gasteiger partial charge on any atom is -0.352 e. The zero-order valence-corrected chi connectivity index (χ0v) is 11.8. The maximum Gasteiger partial charge on any atom is 0.247 e. The smallest absolute Gasteiger partial charge is 0.247 e. The van der Waals surface area contributed by atoms with Gasteiger partial charge in [0.15, 0.2) is 0 Å². The molecule has 0 amide bonds. The molecule has 102 valence electrons. The van der Waals surface area contributed by atoms with Gasteiger partial charge < -0.3 is 5.32 Å². The van der Waals surface area contributed by atoms with E-state index in [4.69, 9.17) is 0 Å². The fourth-order valence-electron chi connectivity index (χ4n) is 1.84. The number of nitrogens with one attached hydrogen (secondary N) is 1. The van der Waals surface area contributed by atoms with Gasteiger partial charge in [0.05, 0.1) is 10.7 Å². The van der Waals surface area contributed by atoms with Crippen molar-refractivity contribution in [2.45, 2.75) is 13.3 Å². The van der Waals surface area contributed by atoms with E-state index in [-0.39, 0.29) is 0 Å². The molecular formula is C13H14N6S. The van der Waals surface area contributed by atoms with E-state index in [0.29, 0.717) is 5.95 Å². The van der Waals surface area contributed by atoms with Gasteiger partial charge in [-0.05, 0) is 29.5 Å². The van der Waals surface area contributed by atoms with Crippen molar-refractivity contribution in [1.82, 2.24) is 25.2 Å². The molecule has 0 fully saturated rings. The van der Waals surface area contributed by atoms with Crippen molar-refractivity contribution >= 4 is 17.3 Å². The first-order valence-corrected chi connectivity index (χ1v) is 7.13. The summed E-state index contributed by atoms with van der Waals surface area (Å²) in [6.45, 7) is 2.81. The van der Waals surface area contributed by atoms with Gasteiger partial charge in [0.25, 0.3) is 0 Å². The molecule has 20 heavy (non-hydrogen) atoms. The Hall–Kier alpha value is -2.28. The lowest BCUT2D eigenvalue weighted by atomic mass is 10.3. The highest BCUT2D eigenvalue weighted by atomic mass is 32.1. The van der Waals surface area contributed by atoms with E-state index in [1.165, 1.54) is 4.88 Å². The van der Waals surface area contributed by atoms with E-state index in [1.54, 1.807) is 16.0 Å². The molecule has 1 N–H and O–H groups in total. The average molecular weight is 286 g/mol. The quantitative estimate of drug-likeness (QED) is 0.777. The number of tetrazole rings is 1. The monoisotopic (exact) mass is 286 g/mol. The third kappa shape index (κ3) is 2.83. The predicted molar refractivity (Wildman–Crippen MR) is 78.2 cm³/mol. The van der Waals surface area contributed by atoms with Gasteiger partial charge in [-0.15, -0.1) is 11.3 Å². The van der Waals surface area contributed by atoms with E-state index in [2.05, 4.69) is 32.7 Å². The van der Waals surface area contributed by atoms with E-state index < -0.39 is 0 Å². The lowest BCUT2D eigenvalue weighted by Crippen LogP contribution is -2.10. The Morgan fingerprint density at radius 2 is 2.10 bits per heavy atom. The number of hydrogen-bond donors (Lipinski definition) is 1. The maximum atomic E-state index is 4.34. The summed E-state index contributed by atoms with van der Waals surface area (Å²) in [7, 11) is 0. The molecule has 0 aliphatic carbocycles. The number of benzene rings is 1. The number of thiazole rings is 1. The van der Waals surface area contributed by atoms with Crippen molar-refractivity contribution in [2.24, 2.45) is 0 Å². The highest BCUT2D eigenvalue weighted by Gasteiger charge is 2.07. The van der Waals surface area contributed by atoms with Crippen molar-refractivity contribution in [3.8, 4) is 5.69 Å². The highest BCUT2D eigenvalue weighted by Crippen LogP contribution is 2.13. The Kier molecular flexibility index (Phi) is 3.69. The van der Waals surface area contributed by atoms with Crippen molar-refractivity contribution < 1.29 is 0 Å². The van der Waals surface area contributed by atoms with Crippen LogP contribution in [-0.4, -0.2) is 31.7 Å². The number of rotatable bonds is 5. The molecule has 0 radical (unpaired) electrons. The summed E-state index contributed by atoms with van der Waals surface area (Å²) in [5.41, 5.74) is 0.935. The lowest BCUT2D eigenvalue weighted by molar-refractivity contribution is 0.788. The third-order valence-corrected chi connectivity index (χ3v) is 3.73. The lowest BCUT2D eigenvalue weighted by Gasteiger charge is -2.05. The molecule has 6 nitrogen and oxygen atoms in total. The second-order valence-corrected chi connectivity index (χ2v) is 5.61. The second-order valence-electron chi connectivity index (χ2n) is 4.29. The molecule has 3 rings (SSSR count). The molecule has 3 aromatic rings. The van der Waals surface area contributed by atoms with E-state index in [1.807, 2.05) is 36.5 Å². The van der Waals surface area contributed by atoms with Crippen LogP contribution in [0.15, 0.2) is 36.5 Å². The Balaban J connectivity index is 1.65. The van der Waals surface area contributed by atoms with Crippen LogP contribution in [0.2, 0.25) is 0 Å². The van der Waals surface area contributed by atoms with Gasteiger partial charge in [0, 0.05) is 24.0 Å². The first-order chi connectivity index (χ1) is 9.83. The van der Waals surface area contributed by atoms with Crippen LogP contribution in [0.25, 0.3) is 5.69 Å². The van der Waals surface area contributed by atoms with Crippen molar-refractivity contribution in [2.75, 3.05) is 11.9 Å². The molecule has 2 aromatic heterocycles. The summed E-state index contributed by atoms with van der Waals surface area (Å²) >= 11 is 1.72. The third-order valence-electron chi connectivity index (χ3n) is 2.76. The molecule has 0 spiro atoms. The average Bonchev–Trinajstić information content (AvgIpc) is 3.09. The molecule has 0 aliphatic heterocycles. The number of aryl methyl sites for hydroxylation is 1. The zero-order chi connectivity index (χ0) is 13.8. The van der Waals surface area contributed by atoms with Crippen LogP contribution < -0.4 is 5.32 Å². The van der Waals surface area contributed by atoms with Crippen LogP contribution in [0.1, 0.15) is 9.88 Å².